The summed E-state index contributed by atoms with van der Waals surface area (Å²) >= 11 is 6.04. The Morgan fingerprint density at radius 1 is 1.24 bits per heavy atom. The third-order valence-electron chi connectivity index (χ3n) is 5.03. The quantitative estimate of drug-likeness (QED) is 0.153. The summed E-state index contributed by atoms with van der Waals surface area (Å²) in [5.74, 6) is -1.40. The third-order valence-corrected chi connectivity index (χ3v) is 8.28. The molecule has 37 heavy (non-hydrogen) atoms. The summed E-state index contributed by atoms with van der Waals surface area (Å²) in [7, 11) is -6.76. The summed E-state index contributed by atoms with van der Waals surface area (Å²) in [6.07, 6.45) is 4.70. The maximum absolute atomic E-state index is 12.7. The first kappa shape index (κ1) is 31.6. The molecule has 0 spiro atoms. The normalized spacial score (nSPS) is 18.4. The molecule has 2 amide bonds. The number of aryl methyl sites for hydroxylation is 1. The van der Waals surface area contributed by atoms with Gasteiger partial charge in [0.1, 0.15) is 10.2 Å². The van der Waals surface area contributed by atoms with Crippen molar-refractivity contribution in [2.45, 2.75) is 20.8 Å². The van der Waals surface area contributed by atoms with E-state index in [9.17, 15) is 31.0 Å². The number of allylic oxidation sites excluding steroid dienone is 4. The number of carbonyl (C=O) groups is 2. The van der Waals surface area contributed by atoms with Crippen LogP contribution in [0.1, 0.15) is 19.5 Å². The number of nitrogens with zero attached hydrogens (tertiary/aromatic N) is 3. The number of thioether (sulfide) groups is 1. The molecule has 0 atom stereocenters. The van der Waals surface area contributed by atoms with Gasteiger partial charge in [0.05, 0.1) is 20.8 Å². The van der Waals surface area contributed by atoms with Gasteiger partial charge in [-0.25, -0.2) is 16.8 Å². The Morgan fingerprint density at radius 3 is 2.49 bits per heavy atom. The van der Waals surface area contributed by atoms with Crippen molar-refractivity contribution in [2.24, 2.45) is 7.05 Å². The van der Waals surface area contributed by atoms with E-state index < -0.39 is 43.6 Å². The van der Waals surface area contributed by atoms with Crippen LogP contribution in [0.3, 0.4) is 0 Å². The number of rotatable bonds is 8. The number of carbonyl (C=O) groups excluding carboxylic acids is 2. The van der Waals surface area contributed by atoms with Crippen molar-refractivity contribution in [1.82, 2.24) is 14.2 Å². The van der Waals surface area contributed by atoms with Crippen molar-refractivity contribution in [3.8, 4) is 5.75 Å². The van der Waals surface area contributed by atoms with Gasteiger partial charge in [0.2, 0.25) is 11.8 Å². The molecule has 17 heteroatoms. The number of hydrogen-bond acceptors (Lipinski definition) is 11. The van der Waals surface area contributed by atoms with E-state index in [1.54, 1.807) is 41.8 Å². The molecule has 1 N–H and O–H groups in total. The number of nitrogens with one attached hydrogen (secondary N) is 1. The first-order chi connectivity index (χ1) is 16.6. The fourth-order valence-electron chi connectivity index (χ4n) is 3.38. The summed E-state index contributed by atoms with van der Waals surface area (Å²) in [5, 5.41) is 0. The molecular formula is C20H23N4NaO8S4. The van der Waals surface area contributed by atoms with Crippen LogP contribution in [0.5, 0.6) is 5.75 Å². The fraction of sp³-hybridized carbons (Fsp3) is 0.350. The molecule has 2 aliphatic heterocycles. The molecule has 196 valence electrons. The largest absolute Gasteiger partial charge is 1.00 e. The second-order valence-corrected chi connectivity index (χ2v) is 12.9. The summed E-state index contributed by atoms with van der Waals surface area (Å²) in [4.78, 5) is 26.4. The van der Waals surface area contributed by atoms with Gasteiger partial charge in [-0.1, -0.05) is 30.1 Å². The van der Waals surface area contributed by atoms with Crippen LogP contribution in [0, 0.1) is 6.92 Å². The standard InChI is InChI=1S/C20H24N4O8S4.Na/c1-12(9-16-19(26)24(20(33)34-16)11-35(27,28)21-14(3)25)5-6-17-23(7-8-36(29,30)31)18-15(32-17)10-13(2)22(18)4;/h5-6,9-10H,7-8,11H2,1-4H3,(H,21,25)(H,29,30,31);/q;+1/p-1. The SMILES string of the molecule is CC(=O)NS(=O)(=O)CN1C(=O)C(=CC(C)=CC=C2Oc3cc(C)n(C)c3N2CCS(=O)(=O)[O-])SC1=S.[Na+]. The Morgan fingerprint density at radius 2 is 1.89 bits per heavy atom. The van der Waals surface area contributed by atoms with Gasteiger partial charge < -0.3 is 13.9 Å². The molecule has 2 aliphatic rings. The van der Waals surface area contributed by atoms with E-state index in [0.29, 0.717) is 23.0 Å². The molecule has 1 fully saturated rings. The van der Waals surface area contributed by atoms with E-state index in [-0.39, 0.29) is 45.3 Å². The number of anilines is 1. The van der Waals surface area contributed by atoms with Crippen LogP contribution in [0.2, 0.25) is 0 Å². The molecule has 1 saturated heterocycles. The Balaban J connectivity index is 0.00000481. The van der Waals surface area contributed by atoms with Crippen LogP contribution < -0.4 is 43.9 Å². The Hall–Kier alpha value is -1.66. The molecule has 0 saturated carbocycles. The first-order valence-electron chi connectivity index (χ1n) is 10.3. The van der Waals surface area contributed by atoms with Crippen LogP contribution in [0.25, 0.3) is 0 Å². The van der Waals surface area contributed by atoms with Crippen LogP contribution >= 0.6 is 24.0 Å². The Bertz CT molecular complexity index is 1440. The number of ether oxygens (including phenoxy) is 1. The van der Waals surface area contributed by atoms with Crippen molar-refractivity contribution in [2.75, 3.05) is 23.1 Å². The Kier molecular flexibility index (Phi) is 10.3. The Labute approximate surface area is 246 Å². The van der Waals surface area contributed by atoms with Crippen LogP contribution in [-0.4, -0.2) is 65.2 Å². The summed E-state index contributed by atoms with van der Waals surface area (Å²) in [6, 6.07) is 1.78. The van der Waals surface area contributed by atoms with Crippen LogP contribution in [0.15, 0.2) is 40.7 Å². The molecule has 3 rings (SSSR count). The zero-order valence-electron chi connectivity index (χ0n) is 20.7. The molecule has 1 aromatic heterocycles. The molecule has 3 heterocycles. The average Bonchev–Trinajstić information content (AvgIpc) is 3.29. The first-order valence-corrected chi connectivity index (χ1v) is 14.7. The van der Waals surface area contributed by atoms with Gasteiger partial charge in [-0.3, -0.25) is 24.1 Å². The number of fused-ring (bicyclic) bond motifs is 1. The average molecular weight is 599 g/mol. The van der Waals surface area contributed by atoms with Crippen LogP contribution in [-0.2, 0) is 36.8 Å². The zero-order valence-corrected chi connectivity index (χ0v) is 25.9. The minimum absolute atomic E-state index is 0. The van der Waals surface area contributed by atoms with E-state index in [0.717, 1.165) is 29.3 Å². The summed E-state index contributed by atoms with van der Waals surface area (Å²) in [5.41, 5.74) is 1.46. The fourth-order valence-corrected chi connectivity index (χ4v) is 6.34. The van der Waals surface area contributed by atoms with Crippen molar-refractivity contribution in [1.29, 1.82) is 0 Å². The number of thiocarbonyl (C=S) groups is 1. The van der Waals surface area contributed by atoms with Gasteiger partial charge in [-0.05, 0) is 31.6 Å². The van der Waals surface area contributed by atoms with Crippen LogP contribution in [0.4, 0.5) is 5.82 Å². The van der Waals surface area contributed by atoms with Gasteiger partial charge >= 0.3 is 29.6 Å². The predicted octanol–water partition coefficient (Wildman–Crippen LogP) is -1.96. The molecule has 0 bridgehead atoms. The van der Waals surface area contributed by atoms with E-state index in [2.05, 4.69) is 0 Å². The zero-order chi connectivity index (χ0) is 27.0. The van der Waals surface area contributed by atoms with E-state index in [1.165, 1.54) is 6.08 Å². The number of sulfonamides is 1. The van der Waals surface area contributed by atoms with Crippen molar-refractivity contribution >= 4 is 66.1 Å². The maximum Gasteiger partial charge on any atom is 1.00 e. The molecule has 0 aliphatic carbocycles. The molecule has 0 unspecified atom stereocenters. The molecule has 0 aromatic carbocycles. The topological polar surface area (TPSA) is 158 Å². The number of aromatic nitrogens is 1. The number of hydrogen-bond donors (Lipinski definition) is 1. The third kappa shape index (κ3) is 7.92. The van der Waals surface area contributed by atoms with Crippen molar-refractivity contribution in [3.63, 3.8) is 0 Å². The van der Waals surface area contributed by atoms with E-state index in [4.69, 9.17) is 17.0 Å². The van der Waals surface area contributed by atoms with E-state index in [1.807, 2.05) is 11.5 Å². The van der Waals surface area contributed by atoms with Gasteiger partial charge in [0.25, 0.3) is 15.9 Å². The van der Waals surface area contributed by atoms with Crippen molar-refractivity contribution in [3.05, 3.63) is 46.3 Å². The molecular weight excluding hydrogens is 575 g/mol. The smallest absolute Gasteiger partial charge is 0.748 e. The molecule has 12 nitrogen and oxygen atoms in total. The van der Waals surface area contributed by atoms with Gasteiger partial charge in [-0.2, -0.15) is 0 Å². The molecule has 0 radical (unpaired) electrons. The van der Waals surface area contributed by atoms with Gasteiger partial charge in [0.15, 0.2) is 11.6 Å². The minimum Gasteiger partial charge on any atom is -0.748 e. The van der Waals surface area contributed by atoms with E-state index >= 15 is 0 Å². The second-order valence-electron chi connectivity index (χ2n) is 7.98. The van der Waals surface area contributed by atoms with Gasteiger partial charge in [-0.15, -0.1) is 0 Å². The summed E-state index contributed by atoms with van der Waals surface area (Å²) in [6.45, 7) is 4.47. The monoisotopic (exact) mass is 598 g/mol. The number of amides is 2. The summed E-state index contributed by atoms with van der Waals surface area (Å²) < 4.78 is 67.1. The second kappa shape index (κ2) is 12.0. The van der Waals surface area contributed by atoms with Crippen molar-refractivity contribution < 1.29 is 65.3 Å². The maximum atomic E-state index is 12.7. The minimum atomic E-state index is -4.46. The van der Waals surface area contributed by atoms with Gasteiger partial charge in [0, 0.05) is 32.3 Å². The predicted molar refractivity (Wildman–Crippen MR) is 137 cm³/mol. The molecule has 1 aromatic rings.